The number of nitriles is 1. The van der Waals surface area contributed by atoms with Crippen molar-refractivity contribution >= 4 is 23.6 Å². The molecule has 0 saturated heterocycles. The molecule has 0 fully saturated rings. The number of aliphatic carboxylic acids is 1. The van der Waals surface area contributed by atoms with Crippen molar-refractivity contribution in [2.75, 3.05) is 5.32 Å². The zero-order valence-electron chi connectivity index (χ0n) is 11.0. The molecule has 0 unspecified atom stereocenters. The number of hydrogen-bond acceptors (Lipinski definition) is 4. The largest absolute Gasteiger partial charge is 0.480 e. The number of carboxylic acids is 1. The van der Waals surface area contributed by atoms with Gasteiger partial charge in [0.2, 0.25) is 5.91 Å². The first-order valence-corrected chi connectivity index (χ1v) is 6.01. The first-order valence-electron chi connectivity index (χ1n) is 6.01. The normalized spacial score (nSPS) is 11.0. The molecule has 0 bridgehead atoms. The zero-order valence-corrected chi connectivity index (χ0v) is 11.0. The topological polar surface area (TPSA) is 145 Å². The Hall–Kier alpha value is -3.08. The Bertz CT molecular complexity index is 577. The lowest BCUT2D eigenvalue weighted by molar-refractivity contribution is -0.139. The van der Waals surface area contributed by atoms with Crippen LogP contribution in [0.1, 0.15) is 18.4 Å². The molecule has 8 heteroatoms. The summed E-state index contributed by atoms with van der Waals surface area (Å²) in [5.74, 6) is -1.90. The molecule has 21 heavy (non-hydrogen) atoms. The Morgan fingerprint density at radius 3 is 2.38 bits per heavy atom. The van der Waals surface area contributed by atoms with Crippen molar-refractivity contribution < 1.29 is 19.5 Å². The molecule has 1 rings (SSSR count). The minimum absolute atomic E-state index is 0.0918. The number of carboxylic acid groups (broad SMARTS) is 1. The van der Waals surface area contributed by atoms with Crippen LogP contribution in [0.15, 0.2) is 24.3 Å². The van der Waals surface area contributed by atoms with Crippen LogP contribution < -0.4 is 16.4 Å². The van der Waals surface area contributed by atoms with Crippen molar-refractivity contribution in [1.29, 1.82) is 5.26 Å². The molecule has 0 radical (unpaired) electrons. The van der Waals surface area contributed by atoms with Crippen LogP contribution in [0.25, 0.3) is 0 Å². The highest BCUT2D eigenvalue weighted by atomic mass is 16.4. The van der Waals surface area contributed by atoms with E-state index in [9.17, 15) is 14.4 Å². The van der Waals surface area contributed by atoms with Gasteiger partial charge in [0.15, 0.2) is 0 Å². The Labute approximate surface area is 120 Å². The maximum Gasteiger partial charge on any atom is 0.326 e. The van der Waals surface area contributed by atoms with Gasteiger partial charge in [-0.15, -0.1) is 0 Å². The number of amides is 3. The predicted octanol–water partition coefficient (Wildman–Crippen LogP) is 0.398. The summed E-state index contributed by atoms with van der Waals surface area (Å²) in [5, 5.41) is 22.2. The smallest absolute Gasteiger partial charge is 0.326 e. The number of hydrogen-bond donors (Lipinski definition) is 4. The number of primary amides is 1. The molecule has 8 nitrogen and oxygen atoms in total. The van der Waals surface area contributed by atoms with E-state index in [4.69, 9.17) is 16.1 Å². The average molecular weight is 290 g/mol. The number of nitrogens with two attached hydrogens (primary N) is 1. The highest BCUT2D eigenvalue weighted by Gasteiger charge is 2.20. The summed E-state index contributed by atoms with van der Waals surface area (Å²) in [7, 11) is 0. The lowest BCUT2D eigenvalue weighted by Gasteiger charge is -2.14. The van der Waals surface area contributed by atoms with Crippen LogP contribution in [0.4, 0.5) is 10.5 Å². The number of benzene rings is 1. The molecule has 0 spiro atoms. The molecule has 0 aliphatic heterocycles. The van der Waals surface area contributed by atoms with E-state index in [1.165, 1.54) is 24.3 Å². The minimum Gasteiger partial charge on any atom is -0.480 e. The molecule has 1 aromatic rings. The van der Waals surface area contributed by atoms with Crippen molar-refractivity contribution in [3.05, 3.63) is 29.8 Å². The van der Waals surface area contributed by atoms with E-state index < -0.39 is 23.9 Å². The first-order chi connectivity index (χ1) is 9.92. The highest BCUT2D eigenvalue weighted by molar-refractivity contribution is 5.92. The van der Waals surface area contributed by atoms with Gasteiger partial charge in [0.1, 0.15) is 6.04 Å². The number of urea groups is 1. The summed E-state index contributed by atoms with van der Waals surface area (Å²) in [6.45, 7) is 0. The molecular weight excluding hydrogens is 276 g/mol. The molecule has 0 saturated carbocycles. The van der Waals surface area contributed by atoms with E-state index in [1.807, 2.05) is 6.07 Å². The molecule has 0 aromatic heterocycles. The zero-order chi connectivity index (χ0) is 15.8. The number of carbonyl (C=O) groups excluding carboxylic acids is 2. The maximum absolute atomic E-state index is 11.7. The molecule has 0 heterocycles. The fourth-order valence-electron chi connectivity index (χ4n) is 1.50. The molecule has 5 N–H and O–H groups in total. The van der Waals surface area contributed by atoms with E-state index >= 15 is 0 Å². The third-order valence-electron chi connectivity index (χ3n) is 2.55. The van der Waals surface area contributed by atoms with Gasteiger partial charge in [-0.3, -0.25) is 4.79 Å². The van der Waals surface area contributed by atoms with Crippen molar-refractivity contribution in [3.63, 3.8) is 0 Å². The van der Waals surface area contributed by atoms with Crippen LogP contribution in [0, 0.1) is 11.3 Å². The molecule has 1 aromatic carbocycles. The van der Waals surface area contributed by atoms with Crippen LogP contribution in [0.2, 0.25) is 0 Å². The Morgan fingerprint density at radius 1 is 1.29 bits per heavy atom. The summed E-state index contributed by atoms with van der Waals surface area (Å²) in [6.07, 6.45) is -0.237. The third-order valence-corrected chi connectivity index (χ3v) is 2.55. The van der Waals surface area contributed by atoms with Crippen molar-refractivity contribution in [2.24, 2.45) is 5.73 Å². The van der Waals surface area contributed by atoms with Gasteiger partial charge in [-0.25, -0.2) is 9.59 Å². The molecule has 0 aliphatic rings. The maximum atomic E-state index is 11.7. The van der Waals surface area contributed by atoms with Gasteiger partial charge in [-0.1, -0.05) is 0 Å². The van der Waals surface area contributed by atoms with Crippen molar-refractivity contribution in [1.82, 2.24) is 5.32 Å². The van der Waals surface area contributed by atoms with E-state index in [0.717, 1.165) is 0 Å². The van der Waals surface area contributed by atoms with Crippen LogP contribution in [-0.2, 0) is 9.59 Å². The third kappa shape index (κ3) is 5.61. The number of nitrogens with one attached hydrogen (secondary N) is 2. The van der Waals surface area contributed by atoms with Crippen LogP contribution in [0.5, 0.6) is 0 Å². The van der Waals surface area contributed by atoms with Gasteiger partial charge in [0, 0.05) is 12.1 Å². The van der Waals surface area contributed by atoms with Gasteiger partial charge >= 0.3 is 12.0 Å². The summed E-state index contributed by atoms with van der Waals surface area (Å²) >= 11 is 0. The Kier molecular flexibility index (Phi) is 5.70. The van der Waals surface area contributed by atoms with Crippen LogP contribution in [-0.4, -0.2) is 29.1 Å². The highest BCUT2D eigenvalue weighted by Crippen LogP contribution is 2.08. The predicted molar refractivity (Wildman–Crippen MR) is 73.2 cm³/mol. The second-order valence-electron chi connectivity index (χ2n) is 4.18. The molecule has 1 atom stereocenters. The standard InChI is InChI=1S/C13H14N4O4/c14-7-8-1-3-9(4-2-8)16-13(21)17-10(12(19)20)5-6-11(15)18/h1-4,10H,5-6H2,(H2,15,18)(H,19,20)(H2,16,17,21)/t10-/m0/s1. The van der Waals surface area contributed by atoms with E-state index in [-0.39, 0.29) is 12.8 Å². The van der Waals surface area contributed by atoms with Crippen LogP contribution in [0.3, 0.4) is 0 Å². The summed E-state index contributed by atoms with van der Waals surface area (Å²) in [4.78, 5) is 33.3. The van der Waals surface area contributed by atoms with Crippen molar-refractivity contribution in [2.45, 2.75) is 18.9 Å². The molecule has 110 valence electrons. The van der Waals surface area contributed by atoms with Gasteiger partial charge in [0.25, 0.3) is 0 Å². The SMILES string of the molecule is N#Cc1ccc(NC(=O)N[C@@H](CCC(N)=O)C(=O)O)cc1. The second-order valence-corrected chi connectivity index (χ2v) is 4.18. The number of carbonyl (C=O) groups is 3. The quantitative estimate of drug-likeness (QED) is 0.599. The fraction of sp³-hybridized carbons (Fsp3) is 0.231. The fourth-order valence-corrected chi connectivity index (χ4v) is 1.50. The summed E-state index contributed by atoms with van der Waals surface area (Å²) in [6, 6.07) is 6.04. The van der Waals surface area contributed by atoms with E-state index in [1.54, 1.807) is 0 Å². The molecular formula is C13H14N4O4. The van der Waals surface area contributed by atoms with E-state index in [0.29, 0.717) is 11.3 Å². The second kappa shape index (κ2) is 7.49. The van der Waals surface area contributed by atoms with Gasteiger partial charge in [-0.2, -0.15) is 5.26 Å². The molecule has 0 aliphatic carbocycles. The monoisotopic (exact) mass is 290 g/mol. The first kappa shape index (κ1) is 16.0. The average Bonchev–Trinajstić information content (AvgIpc) is 2.43. The van der Waals surface area contributed by atoms with Crippen molar-refractivity contribution in [3.8, 4) is 6.07 Å². The number of anilines is 1. The summed E-state index contributed by atoms with van der Waals surface area (Å²) < 4.78 is 0. The van der Waals surface area contributed by atoms with E-state index in [2.05, 4.69) is 10.6 Å². The number of nitrogens with zero attached hydrogens (tertiary/aromatic N) is 1. The van der Waals surface area contributed by atoms with Gasteiger partial charge < -0.3 is 21.5 Å². The van der Waals surface area contributed by atoms with Gasteiger partial charge in [-0.05, 0) is 30.7 Å². The van der Waals surface area contributed by atoms with Crippen LogP contribution >= 0.6 is 0 Å². The number of rotatable bonds is 6. The minimum atomic E-state index is -1.26. The lowest BCUT2D eigenvalue weighted by atomic mass is 10.1. The Balaban J connectivity index is 2.58. The Morgan fingerprint density at radius 2 is 1.90 bits per heavy atom. The summed E-state index contributed by atoms with van der Waals surface area (Å²) in [5.41, 5.74) is 5.78. The molecule has 3 amide bonds. The lowest BCUT2D eigenvalue weighted by Crippen LogP contribution is -2.43. The van der Waals surface area contributed by atoms with Gasteiger partial charge in [0.05, 0.1) is 11.6 Å².